The quantitative estimate of drug-likeness (QED) is 0.665. The summed E-state index contributed by atoms with van der Waals surface area (Å²) in [5.41, 5.74) is -0.538. The summed E-state index contributed by atoms with van der Waals surface area (Å²) in [6, 6.07) is 0. The van der Waals surface area contributed by atoms with Gasteiger partial charge in [0.15, 0.2) is 0 Å². The van der Waals surface area contributed by atoms with Crippen molar-refractivity contribution in [3.63, 3.8) is 0 Å². The summed E-state index contributed by atoms with van der Waals surface area (Å²) in [5.74, 6) is 0. The molecule has 0 rings (SSSR count). The second kappa shape index (κ2) is 7.20. The molecule has 0 aliphatic heterocycles. The number of hydrogen-bond acceptors (Lipinski definition) is 3. The van der Waals surface area contributed by atoms with Gasteiger partial charge in [0.05, 0.1) is 5.60 Å². The van der Waals surface area contributed by atoms with E-state index in [4.69, 9.17) is 0 Å². The Morgan fingerprint density at radius 3 is 2.00 bits per heavy atom. The first-order valence-corrected chi connectivity index (χ1v) is 5.94. The van der Waals surface area contributed by atoms with Crippen molar-refractivity contribution < 1.29 is 5.11 Å². The van der Waals surface area contributed by atoms with E-state index in [1.54, 1.807) is 0 Å². The number of nitrogens with zero attached hydrogens (tertiary/aromatic N) is 2. The summed E-state index contributed by atoms with van der Waals surface area (Å²) in [6.07, 6.45) is 2.03. The van der Waals surface area contributed by atoms with Crippen LogP contribution >= 0.6 is 0 Å². The van der Waals surface area contributed by atoms with Crippen LogP contribution in [0.15, 0.2) is 0 Å². The number of likely N-dealkylation sites (N-methyl/N-ethyl adjacent to an activating group) is 1. The van der Waals surface area contributed by atoms with Gasteiger partial charge in [-0.15, -0.1) is 0 Å². The Labute approximate surface area is 95.1 Å². The molecular formula is C12H28N2O. The van der Waals surface area contributed by atoms with Crippen LogP contribution < -0.4 is 0 Å². The lowest BCUT2D eigenvalue weighted by Crippen LogP contribution is -2.36. The Kier molecular flexibility index (Phi) is 7.14. The van der Waals surface area contributed by atoms with Gasteiger partial charge in [-0.2, -0.15) is 0 Å². The van der Waals surface area contributed by atoms with E-state index < -0.39 is 5.60 Å². The fourth-order valence-electron chi connectivity index (χ4n) is 1.42. The van der Waals surface area contributed by atoms with Gasteiger partial charge in [0.25, 0.3) is 0 Å². The highest BCUT2D eigenvalue weighted by molar-refractivity contribution is 4.69. The lowest BCUT2D eigenvalue weighted by atomic mass is 10.1. The normalized spacial score (nSPS) is 12.8. The Bertz CT molecular complexity index is 152. The van der Waals surface area contributed by atoms with Gasteiger partial charge in [-0.3, -0.25) is 0 Å². The fourth-order valence-corrected chi connectivity index (χ4v) is 1.42. The van der Waals surface area contributed by atoms with Crippen LogP contribution in [0.5, 0.6) is 0 Å². The van der Waals surface area contributed by atoms with Crippen LogP contribution in [0.1, 0.15) is 33.6 Å². The predicted octanol–water partition coefficient (Wildman–Crippen LogP) is 1.42. The van der Waals surface area contributed by atoms with Crippen molar-refractivity contribution in [3.8, 4) is 0 Å². The summed E-state index contributed by atoms with van der Waals surface area (Å²) in [6.45, 7) is 10.3. The summed E-state index contributed by atoms with van der Waals surface area (Å²) in [7, 11) is 4.19. The van der Waals surface area contributed by atoms with Gasteiger partial charge < -0.3 is 14.9 Å². The van der Waals surface area contributed by atoms with E-state index in [2.05, 4.69) is 30.8 Å². The van der Waals surface area contributed by atoms with Gasteiger partial charge in [-0.1, -0.05) is 6.92 Å². The number of hydrogen-bond donors (Lipinski definition) is 1. The summed E-state index contributed by atoms with van der Waals surface area (Å²) in [4.78, 5) is 4.63. The van der Waals surface area contributed by atoms with Crippen LogP contribution in [0.2, 0.25) is 0 Å². The molecule has 0 aromatic rings. The van der Waals surface area contributed by atoms with Crippen LogP contribution in [0.3, 0.4) is 0 Å². The Hall–Kier alpha value is -0.120. The zero-order chi connectivity index (χ0) is 11.9. The van der Waals surface area contributed by atoms with Crippen LogP contribution in [-0.4, -0.2) is 60.8 Å². The Morgan fingerprint density at radius 1 is 1.00 bits per heavy atom. The molecule has 0 saturated heterocycles. The third kappa shape index (κ3) is 10.2. The highest BCUT2D eigenvalue weighted by Gasteiger charge is 2.14. The zero-order valence-electron chi connectivity index (χ0n) is 11.1. The third-order valence-electron chi connectivity index (χ3n) is 2.44. The minimum atomic E-state index is -0.538. The van der Waals surface area contributed by atoms with Crippen LogP contribution in [0.25, 0.3) is 0 Å². The first-order valence-electron chi connectivity index (χ1n) is 5.94. The summed E-state index contributed by atoms with van der Waals surface area (Å²) >= 11 is 0. The van der Waals surface area contributed by atoms with Crippen molar-refractivity contribution in [3.05, 3.63) is 0 Å². The van der Waals surface area contributed by atoms with Crippen molar-refractivity contribution in [2.75, 3.05) is 40.3 Å². The molecule has 0 atom stereocenters. The molecule has 3 heteroatoms. The third-order valence-corrected chi connectivity index (χ3v) is 2.44. The first kappa shape index (κ1) is 14.9. The monoisotopic (exact) mass is 216 g/mol. The highest BCUT2D eigenvalue weighted by atomic mass is 16.3. The molecule has 0 bridgehead atoms. The van der Waals surface area contributed by atoms with Crippen molar-refractivity contribution >= 4 is 0 Å². The standard InChI is InChI=1S/C12H28N2O/c1-6-8-14(11-10-13(4)5)9-7-12(2,3)15/h15H,6-11H2,1-5H3. The molecule has 0 unspecified atom stereocenters. The molecule has 0 amide bonds. The maximum absolute atomic E-state index is 9.68. The van der Waals surface area contributed by atoms with Gasteiger partial charge in [-0.05, 0) is 47.3 Å². The van der Waals surface area contributed by atoms with E-state index in [1.165, 1.54) is 6.42 Å². The van der Waals surface area contributed by atoms with E-state index >= 15 is 0 Å². The largest absolute Gasteiger partial charge is 0.390 e. The first-order chi connectivity index (χ1) is 6.85. The summed E-state index contributed by atoms with van der Waals surface area (Å²) in [5, 5.41) is 9.68. The smallest absolute Gasteiger partial charge is 0.0603 e. The van der Waals surface area contributed by atoms with E-state index in [1.807, 2.05) is 13.8 Å². The lowest BCUT2D eigenvalue weighted by molar-refractivity contribution is 0.0568. The molecule has 0 radical (unpaired) electrons. The van der Waals surface area contributed by atoms with Crippen LogP contribution in [-0.2, 0) is 0 Å². The minimum Gasteiger partial charge on any atom is -0.390 e. The van der Waals surface area contributed by atoms with E-state index in [9.17, 15) is 5.11 Å². The molecule has 0 heterocycles. The maximum Gasteiger partial charge on any atom is 0.0603 e. The molecule has 0 aromatic heterocycles. The molecule has 15 heavy (non-hydrogen) atoms. The predicted molar refractivity (Wildman–Crippen MR) is 66.2 cm³/mol. The van der Waals surface area contributed by atoms with E-state index in [-0.39, 0.29) is 0 Å². The van der Waals surface area contributed by atoms with Crippen LogP contribution in [0, 0.1) is 0 Å². The van der Waals surface area contributed by atoms with Gasteiger partial charge in [0.2, 0.25) is 0 Å². The van der Waals surface area contributed by atoms with Crippen molar-refractivity contribution in [2.45, 2.75) is 39.2 Å². The highest BCUT2D eigenvalue weighted by Crippen LogP contribution is 2.08. The number of aliphatic hydroxyl groups is 1. The van der Waals surface area contributed by atoms with Crippen molar-refractivity contribution in [1.29, 1.82) is 0 Å². The SMILES string of the molecule is CCCN(CCN(C)C)CCC(C)(C)O. The van der Waals surface area contributed by atoms with Gasteiger partial charge in [-0.25, -0.2) is 0 Å². The lowest BCUT2D eigenvalue weighted by Gasteiger charge is -2.26. The molecule has 0 spiro atoms. The Morgan fingerprint density at radius 2 is 1.60 bits per heavy atom. The second-order valence-electron chi connectivity index (χ2n) is 5.21. The van der Waals surface area contributed by atoms with Crippen molar-refractivity contribution in [1.82, 2.24) is 9.80 Å². The van der Waals surface area contributed by atoms with E-state index in [0.29, 0.717) is 0 Å². The zero-order valence-corrected chi connectivity index (χ0v) is 11.1. The average molecular weight is 216 g/mol. The van der Waals surface area contributed by atoms with Gasteiger partial charge >= 0.3 is 0 Å². The second-order valence-corrected chi connectivity index (χ2v) is 5.21. The number of rotatable bonds is 8. The average Bonchev–Trinajstić information content (AvgIpc) is 2.08. The van der Waals surface area contributed by atoms with E-state index in [0.717, 1.165) is 32.6 Å². The molecule has 0 aliphatic carbocycles. The fraction of sp³-hybridized carbons (Fsp3) is 1.00. The molecule has 0 fully saturated rings. The van der Waals surface area contributed by atoms with Crippen LogP contribution in [0.4, 0.5) is 0 Å². The van der Waals surface area contributed by atoms with Gasteiger partial charge in [0.1, 0.15) is 0 Å². The molecule has 0 aliphatic rings. The van der Waals surface area contributed by atoms with Crippen molar-refractivity contribution in [2.24, 2.45) is 0 Å². The molecular weight excluding hydrogens is 188 g/mol. The van der Waals surface area contributed by atoms with Gasteiger partial charge in [0, 0.05) is 19.6 Å². The molecule has 1 N–H and O–H groups in total. The molecule has 0 aromatic carbocycles. The Balaban J connectivity index is 3.82. The minimum absolute atomic E-state index is 0.538. The topological polar surface area (TPSA) is 26.7 Å². The molecule has 92 valence electrons. The maximum atomic E-state index is 9.68. The molecule has 0 saturated carbocycles. The summed E-state index contributed by atoms with van der Waals surface area (Å²) < 4.78 is 0. The molecule has 3 nitrogen and oxygen atoms in total.